The first-order valence-electron chi connectivity index (χ1n) is 8.29. The Morgan fingerprint density at radius 1 is 1.20 bits per heavy atom. The van der Waals surface area contributed by atoms with Crippen LogP contribution in [0.25, 0.3) is 10.2 Å². The average molecular weight is 372 g/mol. The molecule has 130 valence electrons. The number of nitrogens with zero attached hydrogens (tertiary/aromatic N) is 2. The summed E-state index contributed by atoms with van der Waals surface area (Å²) >= 11 is 3.33. The fourth-order valence-corrected chi connectivity index (χ4v) is 4.64. The van der Waals surface area contributed by atoms with E-state index in [2.05, 4.69) is 41.3 Å². The molecule has 1 aromatic carbocycles. The molecule has 0 spiro atoms. The highest BCUT2D eigenvalue weighted by Gasteiger charge is 2.12. The molecule has 0 bridgehead atoms. The smallest absolute Gasteiger partial charge is 0.220 e. The number of amides is 1. The summed E-state index contributed by atoms with van der Waals surface area (Å²) in [5, 5.41) is 5.10. The number of hydrogen-bond acceptors (Lipinski definition) is 5. The van der Waals surface area contributed by atoms with Crippen molar-refractivity contribution in [1.82, 2.24) is 15.3 Å². The van der Waals surface area contributed by atoms with Gasteiger partial charge in [-0.15, -0.1) is 23.1 Å². The molecule has 0 radical (unpaired) electrons. The molecule has 25 heavy (non-hydrogen) atoms. The number of rotatable bonds is 7. The molecule has 3 rings (SSSR count). The number of hydrogen-bond donors (Lipinski definition) is 1. The van der Waals surface area contributed by atoms with Gasteiger partial charge in [0.05, 0.1) is 0 Å². The summed E-state index contributed by atoms with van der Waals surface area (Å²) in [5.41, 5.74) is 2.49. The maximum Gasteiger partial charge on any atom is 0.220 e. The van der Waals surface area contributed by atoms with E-state index in [0.717, 1.165) is 27.4 Å². The Bertz CT molecular complexity index is 862. The molecule has 2 heterocycles. The third-order valence-electron chi connectivity index (χ3n) is 4.08. The van der Waals surface area contributed by atoms with Gasteiger partial charge >= 0.3 is 0 Å². The predicted molar refractivity (Wildman–Crippen MR) is 105 cm³/mol. The minimum absolute atomic E-state index is 0.0898. The lowest BCUT2D eigenvalue weighted by Crippen LogP contribution is -2.25. The van der Waals surface area contributed by atoms with Crippen molar-refractivity contribution in [3.63, 3.8) is 0 Å². The molecule has 0 aliphatic rings. The molecule has 0 aliphatic carbocycles. The Labute approximate surface area is 156 Å². The molecular formula is C19H21N3OS2. The van der Waals surface area contributed by atoms with Gasteiger partial charge in [0.1, 0.15) is 16.2 Å². The van der Waals surface area contributed by atoms with Crippen LogP contribution >= 0.6 is 23.1 Å². The van der Waals surface area contributed by atoms with Crippen LogP contribution < -0.4 is 5.32 Å². The van der Waals surface area contributed by atoms with E-state index >= 15 is 0 Å². The first-order valence-corrected chi connectivity index (χ1v) is 10.1. The van der Waals surface area contributed by atoms with Gasteiger partial charge in [0.2, 0.25) is 5.91 Å². The maximum atomic E-state index is 12.0. The van der Waals surface area contributed by atoms with E-state index in [4.69, 9.17) is 0 Å². The maximum absolute atomic E-state index is 12.0. The molecule has 0 atom stereocenters. The molecular weight excluding hydrogens is 350 g/mol. The van der Waals surface area contributed by atoms with Gasteiger partial charge in [-0.25, -0.2) is 9.97 Å². The first kappa shape index (κ1) is 17.9. The lowest BCUT2D eigenvalue weighted by atomic mass is 10.1. The Hall–Kier alpha value is -1.92. The quantitative estimate of drug-likeness (QED) is 0.501. The fourth-order valence-electron chi connectivity index (χ4n) is 2.58. The lowest BCUT2D eigenvalue weighted by molar-refractivity contribution is -0.120. The number of thioether (sulfide) groups is 1. The summed E-state index contributed by atoms with van der Waals surface area (Å²) in [6.45, 7) is 4.89. The van der Waals surface area contributed by atoms with E-state index in [-0.39, 0.29) is 5.91 Å². The standard InChI is InChI=1S/C19H21N3OS2/c1-13-14(2)25-19-17(13)18(21-12-22-19)24-11-9-16(23)20-10-8-15-6-4-3-5-7-15/h3-7,12H,8-11H2,1-2H3,(H,20,23). The molecule has 6 heteroatoms. The summed E-state index contributed by atoms with van der Waals surface area (Å²) in [7, 11) is 0. The van der Waals surface area contributed by atoms with Crippen molar-refractivity contribution in [2.45, 2.75) is 31.7 Å². The van der Waals surface area contributed by atoms with Crippen molar-refractivity contribution in [3.8, 4) is 0 Å². The minimum Gasteiger partial charge on any atom is -0.356 e. The first-order chi connectivity index (χ1) is 12.1. The molecule has 1 N–H and O–H groups in total. The second kappa shape index (κ2) is 8.45. The van der Waals surface area contributed by atoms with E-state index in [9.17, 15) is 4.79 Å². The normalized spacial score (nSPS) is 11.0. The van der Waals surface area contributed by atoms with Crippen molar-refractivity contribution < 1.29 is 4.79 Å². The van der Waals surface area contributed by atoms with E-state index in [1.54, 1.807) is 29.4 Å². The van der Waals surface area contributed by atoms with Crippen LogP contribution in [0.4, 0.5) is 0 Å². The molecule has 0 saturated carbocycles. The van der Waals surface area contributed by atoms with Crippen LogP contribution in [0.5, 0.6) is 0 Å². The van der Waals surface area contributed by atoms with E-state index in [1.807, 2.05) is 18.2 Å². The Morgan fingerprint density at radius 2 is 2.00 bits per heavy atom. The van der Waals surface area contributed by atoms with Gasteiger partial charge in [-0.3, -0.25) is 4.79 Å². The highest BCUT2D eigenvalue weighted by atomic mass is 32.2. The summed E-state index contributed by atoms with van der Waals surface area (Å²) in [5.74, 6) is 0.810. The average Bonchev–Trinajstić information content (AvgIpc) is 2.91. The minimum atomic E-state index is 0.0898. The Morgan fingerprint density at radius 3 is 2.80 bits per heavy atom. The van der Waals surface area contributed by atoms with Crippen molar-refractivity contribution in [2.24, 2.45) is 0 Å². The number of fused-ring (bicyclic) bond motifs is 1. The summed E-state index contributed by atoms with van der Waals surface area (Å²) in [6.07, 6.45) is 2.97. The van der Waals surface area contributed by atoms with Crippen molar-refractivity contribution in [1.29, 1.82) is 0 Å². The number of aromatic nitrogens is 2. The number of aryl methyl sites for hydroxylation is 2. The Balaban J connectivity index is 1.47. The SMILES string of the molecule is Cc1sc2ncnc(SCCC(=O)NCCc3ccccc3)c2c1C. The molecule has 0 fully saturated rings. The number of thiophene rings is 1. The molecule has 0 saturated heterocycles. The number of benzene rings is 1. The number of nitrogens with one attached hydrogen (secondary N) is 1. The van der Waals surface area contributed by atoms with Crippen LogP contribution in [-0.4, -0.2) is 28.2 Å². The third-order valence-corrected chi connectivity index (χ3v) is 6.18. The molecule has 0 unspecified atom stereocenters. The van der Waals surface area contributed by atoms with Crippen molar-refractivity contribution >= 4 is 39.2 Å². The summed E-state index contributed by atoms with van der Waals surface area (Å²) in [4.78, 5) is 23.1. The van der Waals surface area contributed by atoms with Gasteiger partial charge in [-0.2, -0.15) is 0 Å². The van der Waals surface area contributed by atoms with E-state index < -0.39 is 0 Å². The van der Waals surface area contributed by atoms with Gasteiger partial charge in [-0.05, 0) is 31.4 Å². The molecule has 2 aromatic heterocycles. The van der Waals surface area contributed by atoms with Crippen LogP contribution in [0.15, 0.2) is 41.7 Å². The van der Waals surface area contributed by atoms with Gasteiger partial charge in [0.25, 0.3) is 0 Å². The number of carbonyl (C=O) groups is 1. The second-order valence-corrected chi connectivity index (χ2v) is 8.11. The molecule has 0 aliphatic heterocycles. The molecule has 1 amide bonds. The van der Waals surface area contributed by atoms with Crippen molar-refractivity contribution in [3.05, 3.63) is 52.7 Å². The third kappa shape index (κ3) is 4.58. The molecule has 4 nitrogen and oxygen atoms in total. The van der Waals surface area contributed by atoms with Gasteiger partial charge in [-0.1, -0.05) is 30.3 Å². The highest BCUT2D eigenvalue weighted by molar-refractivity contribution is 7.99. The Kier molecular flexibility index (Phi) is 6.04. The summed E-state index contributed by atoms with van der Waals surface area (Å²) in [6, 6.07) is 10.2. The van der Waals surface area contributed by atoms with Gasteiger partial charge in [0, 0.05) is 29.0 Å². The zero-order valence-corrected chi connectivity index (χ0v) is 16.0. The van der Waals surface area contributed by atoms with E-state index in [1.165, 1.54) is 16.0 Å². The fraction of sp³-hybridized carbons (Fsp3) is 0.316. The van der Waals surface area contributed by atoms with Crippen LogP contribution in [0.2, 0.25) is 0 Å². The van der Waals surface area contributed by atoms with Gasteiger partial charge < -0.3 is 5.32 Å². The monoisotopic (exact) mass is 371 g/mol. The number of carbonyl (C=O) groups excluding carboxylic acids is 1. The van der Waals surface area contributed by atoms with Gasteiger partial charge in [0.15, 0.2) is 0 Å². The zero-order valence-electron chi connectivity index (χ0n) is 14.4. The largest absolute Gasteiger partial charge is 0.356 e. The van der Waals surface area contributed by atoms with Crippen molar-refractivity contribution in [2.75, 3.05) is 12.3 Å². The summed E-state index contributed by atoms with van der Waals surface area (Å²) < 4.78 is 0. The van der Waals surface area contributed by atoms with Crippen LogP contribution in [0.1, 0.15) is 22.4 Å². The zero-order chi connectivity index (χ0) is 17.6. The highest BCUT2D eigenvalue weighted by Crippen LogP contribution is 2.34. The van der Waals surface area contributed by atoms with Crippen LogP contribution in [-0.2, 0) is 11.2 Å². The topological polar surface area (TPSA) is 54.9 Å². The van der Waals surface area contributed by atoms with Crippen LogP contribution in [0.3, 0.4) is 0 Å². The van der Waals surface area contributed by atoms with Crippen LogP contribution in [0, 0.1) is 13.8 Å². The predicted octanol–water partition coefficient (Wildman–Crippen LogP) is 4.15. The lowest BCUT2D eigenvalue weighted by Gasteiger charge is -2.06. The van der Waals surface area contributed by atoms with E-state index in [0.29, 0.717) is 13.0 Å². The molecule has 3 aromatic rings. The second-order valence-electron chi connectivity index (χ2n) is 5.83.